The molecule has 0 rings (SSSR count). The van der Waals surface area contributed by atoms with Crippen LogP contribution in [0.25, 0.3) is 0 Å². The Morgan fingerprint density at radius 2 is 0.318 bits per heavy atom. The first-order valence-electron chi connectivity index (χ1n) is 21.2. The molecular weight excluding hydrogens is 598 g/mol. The van der Waals surface area contributed by atoms with Gasteiger partial charge in [-0.1, -0.05) is 251 Å². The Morgan fingerprint density at radius 3 is 0.432 bits per heavy atom. The van der Waals surface area contributed by atoms with Crippen LogP contribution in [0.1, 0.15) is 264 Å². The third-order valence-electron chi connectivity index (χ3n) is 10.1. The summed E-state index contributed by atoms with van der Waals surface area (Å²) in [5.41, 5.74) is 3.93. The third-order valence-corrected chi connectivity index (χ3v) is 10.1. The fourth-order valence-electron chi connectivity index (χ4n) is 6.97. The van der Waals surface area contributed by atoms with Gasteiger partial charge in [0.2, 0.25) is 0 Å². The molecular formula is C42H88BrN. The smallest absolute Gasteiger partial charge is 0.0739 e. The minimum absolute atomic E-state index is 0. The van der Waals surface area contributed by atoms with Crippen LogP contribution in [0.5, 0.6) is 0 Å². The monoisotopic (exact) mass is 686 g/mol. The van der Waals surface area contributed by atoms with Crippen molar-refractivity contribution < 1.29 is 22.7 Å². The molecule has 0 atom stereocenters. The van der Waals surface area contributed by atoms with Crippen molar-refractivity contribution in [3.63, 3.8) is 0 Å². The summed E-state index contributed by atoms with van der Waals surface area (Å²) < 4.78 is 0. The average Bonchev–Trinajstić information content (AvgIpc) is 3.02. The lowest BCUT2D eigenvalue weighted by atomic mass is 10.0. The maximum atomic E-state index is 3.93. The fraction of sp³-hybridized carbons (Fsp3) is 1.00. The molecule has 2 heteroatoms. The van der Waals surface area contributed by atoms with Crippen LogP contribution < -0.4 is 22.7 Å². The van der Waals surface area contributed by atoms with Gasteiger partial charge in [0.05, 0.1) is 6.54 Å². The van der Waals surface area contributed by atoms with E-state index in [1.54, 1.807) is 0 Å². The molecule has 0 unspecified atom stereocenters. The highest BCUT2D eigenvalue weighted by Crippen LogP contribution is 2.17. The molecule has 44 heavy (non-hydrogen) atoms. The molecule has 3 N–H and O–H groups in total. The Morgan fingerprint density at radius 1 is 0.205 bits per heavy atom. The Bertz CT molecular complexity index is 413. The summed E-state index contributed by atoms with van der Waals surface area (Å²) in [4.78, 5) is 0. The van der Waals surface area contributed by atoms with E-state index in [9.17, 15) is 0 Å². The van der Waals surface area contributed by atoms with Crippen LogP contribution in [0, 0.1) is 0 Å². The second kappa shape index (κ2) is 45.6. The van der Waals surface area contributed by atoms with Crippen molar-refractivity contribution in [1.82, 2.24) is 0 Å². The van der Waals surface area contributed by atoms with E-state index in [2.05, 4.69) is 12.7 Å². The summed E-state index contributed by atoms with van der Waals surface area (Å²) in [5.74, 6) is 0. The zero-order valence-corrected chi connectivity index (χ0v) is 32.7. The van der Waals surface area contributed by atoms with Crippen molar-refractivity contribution in [2.24, 2.45) is 0 Å². The van der Waals surface area contributed by atoms with E-state index >= 15 is 0 Å². The van der Waals surface area contributed by atoms with Crippen molar-refractivity contribution in [2.75, 3.05) is 6.54 Å². The molecule has 0 spiro atoms. The van der Waals surface area contributed by atoms with E-state index in [0.717, 1.165) is 6.54 Å². The number of hydrogen-bond donors (Lipinski definition) is 1. The second-order valence-electron chi connectivity index (χ2n) is 14.6. The minimum Gasteiger partial charge on any atom is -1.00 e. The van der Waals surface area contributed by atoms with Crippen molar-refractivity contribution in [1.29, 1.82) is 0 Å². The van der Waals surface area contributed by atoms with E-state index in [4.69, 9.17) is 0 Å². The van der Waals surface area contributed by atoms with Gasteiger partial charge < -0.3 is 22.7 Å². The summed E-state index contributed by atoms with van der Waals surface area (Å²) in [6, 6.07) is 0. The lowest BCUT2D eigenvalue weighted by Gasteiger charge is -2.05. The summed E-state index contributed by atoms with van der Waals surface area (Å²) in [7, 11) is 0. The van der Waals surface area contributed by atoms with Gasteiger partial charge in [-0.2, -0.15) is 0 Å². The zero-order valence-electron chi connectivity index (χ0n) is 31.1. The summed E-state index contributed by atoms with van der Waals surface area (Å²) >= 11 is 0. The molecule has 0 aromatic rings. The number of rotatable bonds is 40. The van der Waals surface area contributed by atoms with Gasteiger partial charge in [-0.25, -0.2) is 0 Å². The molecule has 1 nitrogen and oxygen atoms in total. The summed E-state index contributed by atoms with van der Waals surface area (Å²) in [6.07, 6.45) is 59.1. The van der Waals surface area contributed by atoms with Gasteiger partial charge >= 0.3 is 0 Å². The summed E-state index contributed by atoms with van der Waals surface area (Å²) in [6.45, 7) is 3.43. The first-order valence-corrected chi connectivity index (χ1v) is 21.2. The fourth-order valence-corrected chi connectivity index (χ4v) is 6.97. The molecule has 0 amide bonds. The Balaban J connectivity index is 0. The van der Waals surface area contributed by atoms with Gasteiger partial charge in [-0.15, -0.1) is 0 Å². The van der Waals surface area contributed by atoms with Gasteiger partial charge in [0, 0.05) is 0 Å². The number of hydrogen-bond acceptors (Lipinski definition) is 0. The molecule has 268 valence electrons. The number of unbranched alkanes of at least 4 members (excludes halogenated alkanes) is 39. The molecule has 0 aromatic heterocycles. The Kier molecular flexibility index (Phi) is 48.2. The number of quaternary nitrogens is 1. The molecule has 0 radical (unpaired) electrons. The molecule has 0 saturated carbocycles. The maximum Gasteiger partial charge on any atom is 0.0739 e. The minimum atomic E-state index is 0. The highest BCUT2D eigenvalue weighted by Gasteiger charge is 1.98. The Labute approximate surface area is 292 Å². The topological polar surface area (TPSA) is 27.6 Å². The SMILES string of the molecule is CCCCCCCCCCCCCCCCCCCCCCCCCCCCCCCCCCCCCCCCCC[NH3+].[Br-]. The quantitative estimate of drug-likeness (QED) is 0.0622. The predicted octanol–water partition coefficient (Wildman–Crippen LogP) is 11.9. The molecule has 0 fully saturated rings. The van der Waals surface area contributed by atoms with Gasteiger partial charge in [0.25, 0.3) is 0 Å². The highest BCUT2D eigenvalue weighted by molar-refractivity contribution is 4.53. The van der Waals surface area contributed by atoms with Crippen LogP contribution in [0.2, 0.25) is 0 Å². The predicted molar refractivity (Wildman–Crippen MR) is 198 cm³/mol. The highest BCUT2D eigenvalue weighted by atomic mass is 79.9. The van der Waals surface area contributed by atoms with Gasteiger partial charge in [0.1, 0.15) is 0 Å². The van der Waals surface area contributed by atoms with Crippen LogP contribution >= 0.6 is 0 Å². The van der Waals surface area contributed by atoms with E-state index in [0.29, 0.717) is 0 Å². The molecule has 0 heterocycles. The molecule has 0 saturated heterocycles. The molecule has 0 aliphatic heterocycles. The first kappa shape index (κ1) is 46.6. The maximum absolute atomic E-state index is 3.93. The van der Waals surface area contributed by atoms with Crippen molar-refractivity contribution in [3.05, 3.63) is 0 Å². The second-order valence-corrected chi connectivity index (χ2v) is 14.6. The van der Waals surface area contributed by atoms with Gasteiger partial charge in [-0.3, -0.25) is 0 Å². The van der Waals surface area contributed by atoms with Crippen LogP contribution in [-0.2, 0) is 0 Å². The zero-order chi connectivity index (χ0) is 31.0. The van der Waals surface area contributed by atoms with Gasteiger partial charge in [0.15, 0.2) is 0 Å². The lowest BCUT2D eigenvalue weighted by molar-refractivity contribution is -0.368. The molecule has 0 aromatic carbocycles. The van der Waals surface area contributed by atoms with E-state index < -0.39 is 0 Å². The third kappa shape index (κ3) is 44.6. The van der Waals surface area contributed by atoms with Crippen molar-refractivity contribution in [2.45, 2.75) is 264 Å². The van der Waals surface area contributed by atoms with E-state index in [1.165, 1.54) is 257 Å². The average molecular weight is 687 g/mol. The first-order chi connectivity index (χ1) is 21.4. The largest absolute Gasteiger partial charge is 1.00 e. The van der Waals surface area contributed by atoms with Crippen molar-refractivity contribution in [3.8, 4) is 0 Å². The van der Waals surface area contributed by atoms with Crippen LogP contribution in [0.15, 0.2) is 0 Å². The van der Waals surface area contributed by atoms with Crippen LogP contribution in [-0.4, -0.2) is 6.54 Å². The normalized spacial score (nSPS) is 11.3. The number of halogens is 1. The van der Waals surface area contributed by atoms with E-state index in [-0.39, 0.29) is 17.0 Å². The van der Waals surface area contributed by atoms with Crippen LogP contribution in [0.4, 0.5) is 0 Å². The van der Waals surface area contributed by atoms with Crippen LogP contribution in [0.3, 0.4) is 0 Å². The Hall–Kier alpha value is 0.440. The van der Waals surface area contributed by atoms with Gasteiger partial charge in [-0.05, 0) is 12.8 Å². The molecule has 0 bridgehead atoms. The molecule has 0 aliphatic carbocycles. The molecule has 0 aliphatic rings. The standard InChI is InChI=1S/C42H87N.BrH/c1-2-3-4-5-6-7-8-9-10-11-12-13-14-15-16-17-18-19-20-21-22-23-24-25-26-27-28-29-30-31-32-33-34-35-36-37-38-39-40-41-42-43;/h2-43H2,1H3;1H. The van der Waals surface area contributed by atoms with E-state index in [1.807, 2.05) is 0 Å². The van der Waals surface area contributed by atoms with Crippen molar-refractivity contribution >= 4 is 0 Å². The summed E-state index contributed by atoms with van der Waals surface area (Å²) in [5, 5.41) is 0. The lowest BCUT2D eigenvalue weighted by Crippen LogP contribution is -3.00.